The Hall–Kier alpha value is -1.94. The predicted molar refractivity (Wildman–Crippen MR) is 70.4 cm³/mol. The van der Waals surface area contributed by atoms with Crippen molar-refractivity contribution in [1.82, 2.24) is 50.2 Å². The van der Waals surface area contributed by atoms with Crippen LogP contribution in [0, 0.1) is 0 Å². The van der Waals surface area contributed by atoms with Gasteiger partial charge in [-0.25, -0.2) is 9.36 Å². The van der Waals surface area contributed by atoms with Crippen molar-refractivity contribution >= 4 is 0 Å². The number of rotatable bonds is 7. The third kappa shape index (κ3) is 3.78. The number of tetrazole rings is 2. The first-order chi connectivity index (χ1) is 9.56. The van der Waals surface area contributed by atoms with Gasteiger partial charge in [0.2, 0.25) is 0 Å². The molecule has 0 fully saturated rings. The highest BCUT2D eigenvalue weighted by Gasteiger charge is 2.10. The van der Waals surface area contributed by atoms with Gasteiger partial charge in [-0.15, -0.1) is 10.2 Å². The van der Waals surface area contributed by atoms with E-state index in [9.17, 15) is 0 Å². The van der Waals surface area contributed by atoms with E-state index < -0.39 is 0 Å². The van der Waals surface area contributed by atoms with E-state index in [0.717, 1.165) is 11.6 Å². The van der Waals surface area contributed by atoms with Crippen molar-refractivity contribution in [1.29, 1.82) is 0 Å². The van der Waals surface area contributed by atoms with Gasteiger partial charge in [-0.2, -0.15) is 0 Å². The van der Waals surface area contributed by atoms with Crippen molar-refractivity contribution in [3.8, 4) is 0 Å². The molecule has 110 valence electrons. The van der Waals surface area contributed by atoms with Gasteiger partial charge in [0.1, 0.15) is 0 Å². The molecule has 2 heterocycles. The summed E-state index contributed by atoms with van der Waals surface area (Å²) in [6.45, 7) is 2.68. The Balaban J connectivity index is 1.99. The molecule has 0 spiro atoms. The standard InChI is InChI=1S/C10H20N10/c1-17(2)7-9-11-13-15-19(9)5-6-20-10(8-18(3)4)12-14-16-20/h5-8H2,1-4H3. The molecule has 2 aromatic heterocycles. The summed E-state index contributed by atoms with van der Waals surface area (Å²) in [5, 5.41) is 23.5. The minimum atomic E-state index is 0.641. The summed E-state index contributed by atoms with van der Waals surface area (Å²) in [4.78, 5) is 4.05. The van der Waals surface area contributed by atoms with Crippen molar-refractivity contribution < 1.29 is 0 Å². The maximum atomic E-state index is 4.02. The quantitative estimate of drug-likeness (QED) is 0.604. The highest BCUT2D eigenvalue weighted by atomic mass is 15.6. The smallest absolute Gasteiger partial charge is 0.165 e. The number of hydrogen-bond donors (Lipinski definition) is 0. The van der Waals surface area contributed by atoms with Gasteiger partial charge < -0.3 is 9.80 Å². The van der Waals surface area contributed by atoms with E-state index in [1.54, 1.807) is 9.36 Å². The highest BCUT2D eigenvalue weighted by molar-refractivity contribution is 4.82. The largest absolute Gasteiger partial charge is 0.302 e. The molecular formula is C10H20N10. The van der Waals surface area contributed by atoms with Crippen LogP contribution < -0.4 is 0 Å². The molecule has 0 bridgehead atoms. The average molecular weight is 280 g/mol. The Morgan fingerprint density at radius 1 is 0.750 bits per heavy atom. The van der Waals surface area contributed by atoms with Crippen molar-refractivity contribution in [2.75, 3.05) is 28.2 Å². The Morgan fingerprint density at radius 3 is 1.50 bits per heavy atom. The van der Waals surface area contributed by atoms with E-state index in [0.29, 0.717) is 26.2 Å². The van der Waals surface area contributed by atoms with Crippen LogP contribution in [0.4, 0.5) is 0 Å². The molecule has 10 heteroatoms. The van der Waals surface area contributed by atoms with E-state index >= 15 is 0 Å². The second kappa shape index (κ2) is 6.48. The molecule has 0 saturated carbocycles. The van der Waals surface area contributed by atoms with Gasteiger partial charge in [0.05, 0.1) is 26.2 Å². The monoisotopic (exact) mass is 280 g/mol. The molecule has 2 aromatic rings. The van der Waals surface area contributed by atoms with E-state index in [1.807, 2.05) is 38.0 Å². The first-order valence-corrected chi connectivity index (χ1v) is 6.36. The van der Waals surface area contributed by atoms with Crippen LogP contribution in [-0.4, -0.2) is 78.4 Å². The minimum Gasteiger partial charge on any atom is -0.302 e. The van der Waals surface area contributed by atoms with E-state index in [4.69, 9.17) is 0 Å². The van der Waals surface area contributed by atoms with Crippen molar-refractivity contribution in [3.05, 3.63) is 11.6 Å². The summed E-state index contributed by atoms with van der Waals surface area (Å²) in [5.41, 5.74) is 0. The Bertz CT molecular complexity index is 479. The first kappa shape index (κ1) is 14.5. The van der Waals surface area contributed by atoms with Crippen LogP contribution in [0.5, 0.6) is 0 Å². The second-order valence-corrected chi connectivity index (χ2v) is 5.11. The van der Waals surface area contributed by atoms with Crippen molar-refractivity contribution in [2.45, 2.75) is 26.2 Å². The lowest BCUT2D eigenvalue weighted by Crippen LogP contribution is -2.20. The van der Waals surface area contributed by atoms with Gasteiger partial charge in [0.25, 0.3) is 0 Å². The summed E-state index contributed by atoms with van der Waals surface area (Å²) >= 11 is 0. The van der Waals surface area contributed by atoms with Crippen LogP contribution in [-0.2, 0) is 26.2 Å². The molecule has 0 radical (unpaired) electrons. The summed E-state index contributed by atoms with van der Waals surface area (Å²) < 4.78 is 3.56. The van der Waals surface area contributed by atoms with Gasteiger partial charge in [-0.05, 0) is 49.0 Å². The van der Waals surface area contributed by atoms with Crippen molar-refractivity contribution in [2.24, 2.45) is 0 Å². The molecule has 0 aliphatic carbocycles. The maximum absolute atomic E-state index is 4.02. The van der Waals surface area contributed by atoms with E-state index in [1.165, 1.54) is 0 Å². The molecule has 0 aromatic carbocycles. The SMILES string of the molecule is CN(C)Cc1nnnn1CCn1nnnc1CN(C)C. The van der Waals surface area contributed by atoms with Crippen LogP contribution in [0.15, 0.2) is 0 Å². The van der Waals surface area contributed by atoms with E-state index in [-0.39, 0.29) is 0 Å². The molecule has 20 heavy (non-hydrogen) atoms. The molecule has 0 aliphatic heterocycles. The molecule has 10 nitrogen and oxygen atoms in total. The molecule has 2 rings (SSSR count). The van der Waals surface area contributed by atoms with Crippen LogP contribution in [0.2, 0.25) is 0 Å². The molecule has 0 amide bonds. The number of nitrogens with zero attached hydrogens (tertiary/aromatic N) is 10. The molecule has 0 aliphatic rings. The van der Waals surface area contributed by atoms with Gasteiger partial charge in [-0.3, -0.25) is 0 Å². The topological polar surface area (TPSA) is 93.7 Å². The summed E-state index contributed by atoms with van der Waals surface area (Å²) in [6, 6.07) is 0. The number of hydrogen-bond acceptors (Lipinski definition) is 8. The fourth-order valence-electron chi connectivity index (χ4n) is 1.78. The van der Waals surface area contributed by atoms with Crippen molar-refractivity contribution in [3.63, 3.8) is 0 Å². The van der Waals surface area contributed by atoms with Crippen LogP contribution in [0.3, 0.4) is 0 Å². The fraction of sp³-hybridized carbons (Fsp3) is 0.800. The second-order valence-electron chi connectivity index (χ2n) is 5.11. The first-order valence-electron chi connectivity index (χ1n) is 6.36. The van der Waals surface area contributed by atoms with Crippen LogP contribution in [0.1, 0.15) is 11.6 Å². The van der Waals surface area contributed by atoms with Gasteiger partial charge in [0, 0.05) is 0 Å². The number of aromatic nitrogens is 8. The zero-order chi connectivity index (χ0) is 14.5. The van der Waals surface area contributed by atoms with Gasteiger partial charge >= 0.3 is 0 Å². The number of aryl methyl sites for hydroxylation is 2. The lowest BCUT2D eigenvalue weighted by molar-refractivity contribution is 0.355. The molecule has 0 unspecified atom stereocenters. The third-order valence-corrected chi connectivity index (χ3v) is 2.65. The zero-order valence-corrected chi connectivity index (χ0v) is 12.3. The minimum absolute atomic E-state index is 0.641. The van der Waals surface area contributed by atoms with Gasteiger partial charge in [-0.1, -0.05) is 0 Å². The lowest BCUT2D eigenvalue weighted by atomic mass is 10.5. The zero-order valence-electron chi connectivity index (χ0n) is 12.3. The average Bonchev–Trinajstić information content (AvgIpc) is 2.95. The molecule has 0 N–H and O–H groups in total. The Kier molecular flexibility index (Phi) is 4.69. The van der Waals surface area contributed by atoms with Gasteiger partial charge in [0.15, 0.2) is 11.6 Å². The third-order valence-electron chi connectivity index (χ3n) is 2.65. The molecule has 0 atom stereocenters. The maximum Gasteiger partial charge on any atom is 0.165 e. The highest BCUT2D eigenvalue weighted by Crippen LogP contribution is 2.00. The normalized spacial score (nSPS) is 11.7. The van der Waals surface area contributed by atoms with E-state index in [2.05, 4.69) is 31.1 Å². The Labute approximate surface area is 117 Å². The van der Waals surface area contributed by atoms with Crippen LogP contribution in [0.25, 0.3) is 0 Å². The summed E-state index contributed by atoms with van der Waals surface area (Å²) in [5.74, 6) is 1.66. The molecular weight excluding hydrogens is 260 g/mol. The molecule has 0 saturated heterocycles. The Morgan fingerprint density at radius 2 is 1.15 bits per heavy atom. The fourth-order valence-corrected chi connectivity index (χ4v) is 1.78. The van der Waals surface area contributed by atoms with Crippen LogP contribution >= 0.6 is 0 Å². The summed E-state index contributed by atoms with van der Waals surface area (Å²) in [6.07, 6.45) is 0. The lowest BCUT2D eigenvalue weighted by Gasteiger charge is -2.11. The predicted octanol–water partition coefficient (Wildman–Crippen LogP) is -1.52. The summed E-state index contributed by atoms with van der Waals surface area (Å²) in [7, 11) is 7.93.